The summed E-state index contributed by atoms with van der Waals surface area (Å²) in [7, 11) is 0. The van der Waals surface area contributed by atoms with Gasteiger partial charge in [0.1, 0.15) is 17.9 Å². The largest absolute Gasteiger partial charge is 0.483 e. The number of hydrogen-bond donors (Lipinski definition) is 1. The fourth-order valence-corrected chi connectivity index (χ4v) is 2.01. The first-order valence-electron chi connectivity index (χ1n) is 5.86. The quantitative estimate of drug-likeness (QED) is 0.940. The molecule has 0 bridgehead atoms. The molecule has 0 saturated heterocycles. The lowest BCUT2D eigenvalue weighted by Gasteiger charge is -2.18. The van der Waals surface area contributed by atoms with E-state index in [0.717, 1.165) is 10.0 Å². The molecule has 2 aromatic rings. The van der Waals surface area contributed by atoms with Gasteiger partial charge in [-0.2, -0.15) is 5.26 Å². The number of nitriles is 1. The van der Waals surface area contributed by atoms with Gasteiger partial charge >= 0.3 is 0 Å². The second-order valence-corrected chi connectivity index (χ2v) is 4.92. The predicted molar refractivity (Wildman–Crippen MR) is 77.7 cm³/mol. The number of ether oxygens (including phenoxy) is 1. The van der Waals surface area contributed by atoms with Crippen molar-refractivity contribution in [1.82, 2.24) is 0 Å². The summed E-state index contributed by atoms with van der Waals surface area (Å²) < 4.78 is 6.85. The van der Waals surface area contributed by atoms with E-state index in [9.17, 15) is 0 Å². The van der Waals surface area contributed by atoms with Crippen molar-refractivity contribution < 1.29 is 4.74 Å². The Morgan fingerprint density at radius 2 is 1.84 bits per heavy atom. The van der Waals surface area contributed by atoms with E-state index in [1.165, 1.54) is 0 Å². The van der Waals surface area contributed by atoms with Gasteiger partial charge in [-0.3, -0.25) is 0 Å². The summed E-state index contributed by atoms with van der Waals surface area (Å²) in [6.07, 6.45) is -0.261. The van der Waals surface area contributed by atoms with Crippen LogP contribution in [0.5, 0.6) is 5.75 Å². The number of halogens is 1. The molecular weight excluding hydrogens is 304 g/mol. The highest BCUT2D eigenvalue weighted by molar-refractivity contribution is 9.10. The van der Waals surface area contributed by atoms with Gasteiger partial charge in [0.25, 0.3) is 0 Å². The van der Waals surface area contributed by atoms with E-state index in [-0.39, 0.29) is 6.10 Å². The third-order valence-electron chi connectivity index (χ3n) is 2.73. The van der Waals surface area contributed by atoms with Crippen molar-refractivity contribution in [2.45, 2.75) is 6.10 Å². The number of para-hydroxylation sites is 1. The summed E-state index contributed by atoms with van der Waals surface area (Å²) in [6.45, 7) is 0.349. The average molecular weight is 317 g/mol. The Bertz CT molecular complexity index is 590. The molecule has 96 valence electrons. The van der Waals surface area contributed by atoms with Crippen LogP contribution < -0.4 is 10.5 Å². The van der Waals surface area contributed by atoms with Crippen LogP contribution in [0.25, 0.3) is 0 Å². The maximum absolute atomic E-state index is 9.04. The summed E-state index contributed by atoms with van der Waals surface area (Å²) in [6, 6.07) is 17.1. The smallest absolute Gasteiger partial charge is 0.138 e. The van der Waals surface area contributed by atoms with E-state index in [2.05, 4.69) is 22.0 Å². The van der Waals surface area contributed by atoms with E-state index in [4.69, 9.17) is 15.7 Å². The maximum atomic E-state index is 9.04. The van der Waals surface area contributed by atoms with Gasteiger partial charge < -0.3 is 10.5 Å². The van der Waals surface area contributed by atoms with Crippen LogP contribution in [0.15, 0.2) is 53.0 Å². The zero-order valence-corrected chi connectivity index (χ0v) is 11.8. The second kappa shape index (κ2) is 6.37. The lowest BCUT2D eigenvalue weighted by atomic mass is 10.1. The van der Waals surface area contributed by atoms with Gasteiger partial charge in [0.15, 0.2) is 0 Å². The number of benzene rings is 2. The zero-order chi connectivity index (χ0) is 13.7. The van der Waals surface area contributed by atoms with Crippen LogP contribution in [-0.4, -0.2) is 6.54 Å². The molecule has 1 unspecified atom stereocenters. The first kappa shape index (κ1) is 13.6. The highest BCUT2D eigenvalue weighted by atomic mass is 79.9. The van der Waals surface area contributed by atoms with E-state index >= 15 is 0 Å². The lowest BCUT2D eigenvalue weighted by Crippen LogP contribution is -2.18. The Kier molecular flexibility index (Phi) is 4.56. The highest BCUT2D eigenvalue weighted by Crippen LogP contribution is 2.25. The molecule has 0 spiro atoms. The fraction of sp³-hybridized carbons (Fsp3) is 0.133. The van der Waals surface area contributed by atoms with Crippen molar-refractivity contribution in [3.05, 3.63) is 64.1 Å². The molecule has 0 aliphatic heterocycles. The second-order valence-electron chi connectivity index (χ2n) is 4.00. The Labute approximate surface area is 120 Å². The Morgan fingerprint density at radius 3 is 2.47 bits per heavy atom. The van der Waals surface area contributed by atoms with Gasteiger partial charge in [-0.1, -0.05) is 40.2 Å². The van der Waals surface area contributed by atoms with Gasteiger partial charge in [0.05, 0.1) is 5.56 Å². The minimum Gasteiger partial charge on any atom is -0.483 e. The van der Waals surface area contributed by atoms with Gasteiger partial charge in [0.2, 0.25) is 0 Å². The van der Waals surface area contributed by atoms with Crippen LogP contribution >= 0.6 is 15.9 Å². The normalized spacial score (nSPS) is 11.6. The maximum Gasteiger partial charge on any atom is 0.138 e. The van der Waals surface area contributed by atoms with Crippen LogP contribution in [0.1, 0.15) is 17.2 Å². The first-order chi connectivity index (χ1) is 9.24. The molecule has 2 rings (SSSR count). The summed E-state index contributed by atoms with van der Waals surface area (Å²) in [5.74, 6) is 0.559. The molecule has 0 fully saturated rings. The van der Waals surface area contributed by atoms with Crippen LogP contribution in [-0.2, 0) is 0 Å². The molecule has 1 atom stereocenters. The third kappa shape index (κ3) is 3.34. The molecule has 0 radical (unpaired) electrons. The lowest BCUT2D eigenvalue weighted by molar-refractivity contribution is 0.213. The topological polar surface area (TPSA) is 59.0 Å². The molecule has 0 heterocycles. The minimum absolute atomic E-state index is 0.261. The average Bonchev–Trinajstić information content (AvgIpc) is 2.46. The molecule has 4 heteroatoms. The summed E-state index contributed by atoms with van der Waals surface area (Å²) in [5, 5.41) is 9.04. The van der Waals surface area contributed by atoms with E-state index < -0.39 is 0 Å². The van der Waals surface area contributed by atoms with Crippen LogP contribution in [0.2, 0.25) is 0 Å². The number of rotatable bonds is 4. The third-order valence-corrected chi connectivity index (χ3v) is 3.26. The number of nitrogens with two attached hydrogens (primary N) is 1. The van der Waals surface area contributed by atoms with Gasteiger partial charge in [-0.25, -0.2) is 0 Å². The fourth-order valence-electron chi connectivity index (χ4n) is 1.74. The van der Waals surface area contributed by atoms with E-state index in [1.807, 2.05) is 36.4 Å². The van der Waals surface area contributed by atoms with Gasteiger partial charge in [-0.05, 0) is 29.8 Å². The monoisotopic (exact) mass is 316 g/mol. The number of hydrogen-bond acceptors (Lipinski definition) is 3. The van der Waals surface area contributed by atoms with Gasteiger partial charge in [0, 0.05) is 11.0 Å². The Morgan fingerprint density at radius 1 is 1.16 bits per heavy atom. The van der Waals surface area contributed by atoms with Crippen molar-refractivity contribution in [1.29, 1.82) is 5.26 Å². The molecular formula is C15H13BrN2O. The zero-order valence-electron chi connectivity index (χ0n) is 10.2. The predicted octanol–water partition coefficient (Wildman–Crippen LogP) is 3.40. The van der Waals surface area contributed by atoms with Crippen LogP contribution in [0.3, 0.4) is 0 Å². The summed E-state index contributed by atoms with van der Waals surface area (Å²) in [4.78, 5) is 0. The van der Waals surface area contributed by atoms with Gasteiger partial charge in [-0.15, -0.1) is 0 Å². The molecule has 0 amide bonds. The molecule has 0 aliphatic carbocycles. The Balaban J connectivity index is 2.24. The van der Waals surface area contributed by atoms with Crippen LogP contribution in [0.4, 0.5) is 0 Å². The molecule has 2 aromatic carbocycles. The van der Waals surface area contributed by atoms with Crippen molar-refractivity contribution in [2.24, 2.45) is 5.73 Å². The van der Waals surface area contributed by atoms with Crippen molar-refractivity contribution in [3.8, 4) is 11.8 Å². The summed E-state index contributed by atoms with van der Waals surface area (Å²) in [5.41, 5.74) is 7.26. The SMILES string of the molecule is N#Cc1ccccc1OC(CN)c1ccc(Br)cc1. The van der Waals surface area contributed by atoms with Crippen molar-refractivity contribution in [3.63, 3.8) is 0 Å². The molecule has 0 aromatic heterocycles. The standard InChI is InChI=1S/C15H13BrN2O/c16-13-7-5-11(6-8-13)15(10-18)19-14-4-2-1-3-12(14)9-17/h1-8,15H,10,18H2. The molecule has 2 N–H and O–H groups in total. The van der Waals surface area contributed by atoms with Crippen LogP contribution in [0, 0.1) is 11.3 Å². The highest BCUT2D eigenvalue weighted by Gasteiger charge is 2.13. The molecule has 0 aliphatic rings. The van der Waals surface area contributed by atoms with E-state index in [1.54, 1.807) is 12.1 Å². The van der Waals surface area contributed by atoms with Crippen molar-refractivity contribution in [2.75, 3.05) is 6.54 Å². The summed E-state index contributed by atoms with van der Waals surface area (Å²) >= 11 is 3.39. The molecule has 19 heavy (non-hydrogen) atoms. The van der Waals surface area contributed by atoms with Crippen molar-refractivity contribution >= 4 is 15.9 Å². The number of nitrogens with zero attached hydrogens (tertiary/aromatic N) is 1. The Hall–Kier alpha value is -1.83. The van der Waals surface area contributed by atoms with E-state index in [0.29, 0.717) is 17.9 Å². The molecule has 0 saturated carbocycles. The minimum atomic E-state index is -0.261. The first-order valence-corrected chi connectivity index (χ1v) is 6.65. The molecule has 3 nitrogen and oxygen atoms in total.